The van der Waals surface area contributed by atoms with E-state index >= 15 is 0 Å². The minimum atomic E-state index is -3.48. The first-order chi connectivity index (χ1) is 14.8. The number of aryl methyl sites for hydroxylation is 4. The van der Waals surface area contributed by atoms with Crippen LogP contribution in [0.15, 0.2) is 51.8 Å². The van der Waals surface area contributed by atoms with Gasteiger partial charge in [0.15, 0.2) is 0 Å². The smallest absolute Gasteiger partial charge is 0.243 e. The predicted molar refractivity (Wildman–Crippen MR) is 121 cm³/mol. The number of hydrogen-bond donors (Lipinski definition) is 0. The topological polar surface area (TPSA) is 66.7 Å². The van der Waals surface area contributed by atoms with E-state index in [0.717, 1.165) is 33.7 Å². The molecule has 2 heterocycles. The molecular weight excluding hydrogens is 410 g/mol. The van der Waals surface area contributed by atoms with Crippen LogP contribution in [0.2, 0.25) is 0 Å². The van der Waals surface area contributed by atoms with Crippen LogP contribution in [0.1, 0.15) is 28.1 Å². The largest absolute Gasteiger partial charge is 0.441 e. The zero-order chi connectivity index (χ0) is 22.2. The molecule has 0 N–H and O–H groups in total. The van der Waals surface area contributed by atoms with E-state index < -0.39 is 10.0 Å². The SMILES string of the molecule is Cc1ccc(C)c(S(=O)(=O)N2CCN(Cc3nc(-c4ccccc4C)oc3C)CC2)c1. The molecule has 0 unspecified atom stereocenters. The fourth-order valence-electron chi connectivity index (χ4n) is 3.97. The second kappa shape index (κ2) is 8.57. The van der Waals surface area contributed by atoms with Gasteiger partial charge in [0.05, 0.1) is 10.6 Å². The van der Waals surface area contributed by atoms with E-state index in [4.69, 9.17) is 9.40 Å². The van der Waals surface area contributed by atoms with Crippen molar-refractivity contribution in [1.82, 2.24) is 14.2 Å². The van der Waals surface area contributed by atoms with Crippen LogP contribution >= 0.6 is 0 Å². The van der Waals surface area contributed by atoms with Gasteiger partial charge in [0, 0.05) is 38.3 Å². The van der Waals surface area contributed by atoms with Crippen molar-refractivity contribution in [2.24, 2.45) is 0 Å². The van der Waals surface area contributed by atoms with Crippen molar-refractivity contribution >= 4 is 10.0 Å². The van der Waals surface area contributed by atoms with Crippen molar-refractivity contribution in [3.63, 3.8) is 0 Å². The van der Waals surface area contributed by atoms with Crippen LogP contribution in [-0.4, -0.2) is 48.8 Å². The Labute approximate surface area is 184 Å². The van der Waals surface area contributed by atoms with Gasteiger partial charge < -0.3 is 4.42 Å². The molecule has 0 aliphatic carbocycles. The summed E-state index contributed by atoms with van der Waals surface area (Å²) < 4.78 is 33.8. The van der Waals surface area contributed by atoms with Crippen LogP contribution in [0.3, 0.4) is 0 Å². The molecule has 0 saturated carbocycles. The Morgan fingerprint density at radius 2 is 1.65 bits per heavy atom. The summed E-state index contributed by atoms with van der Waals surface area (Å²) in [6, 6.07) is 13.6. The fraction of sp³-hybridized carbons (Fsp3) is 0.375. The van der Waals surface area contributed by atoms with Gasteiger partial charge in [-0.2, -0.15) is 4.31 Å². The van der Waals surface area contributed by atoms with Crippen molar-refractivity contribution < 1.29 is 12.8 Å². The van der Waals surface area contributed by atoms with Crippen molar-refractivity contribution in [3.8, 4) is 11.5 Å². The Hall–Kier alpha value is -2.48. The Balaban J connectivity index is 1.44. The third-order valence-electron chi connectivity index (χ3n) is 5.93. The van der Waals surface area contributed by atoms with Crippen molar-refractivity contribution in [1.29, 1.82) is 0 Å². The number of piperazine rings is 1. The minimum Gasteiger partial charge on any atom is -0.441 e. The highest BCUT2D eigenvalue weighted by molar-refractivity contribution is 7.89. The summed E-state index contributed by atoms with van der Waals surface area (Å²) in [6.07, 6.45) is 0. The summed E-state index contributed by atoms with van der Waals surface area (Å²) in [7, 11) is -3.48. The van der Waals surface area contributed by atoms with E-state index in [-0.39, 0.29) is 0 Å². The van der Waals surface area contributed by atoms with E-state index in [0.29, 0.717) is 43.5 Å². The first-order valence-electron chi connectivity index (χ1n) is 10.6. The third kappa shape index (κ3) is 4.44. The molecule has 0 bridgehead atoms. The van der Waals surface area contributed by atoms with Crippen LogP contribution in [0.4, 0.5) is 0 Å². The first-order valence-corrected chi connectivity index (χ1v) is 12.0. The van der Waals surface area contributed by atoms with E-state index in [9.17, 15) is 8.42 Å². The highest BCUT2D eigenvalue weighted by Crippen LogP contribution is 2.26. The summed E-state index contributed by atoms with van der Waals surface area (Å²) in [5, 5.41) is 0. The third-order valence-corrected chi connectivity index (χ3v) is 7.97. The Bertz CT molecular complexity index is 1190. The maximum Gasteiger partial charge on any atom is 0.243 e. The standard InChI is InChI=1S/C24H29N3O3S/c1-17-9-10-19(3)23(15-17)31(28,29)27-13-11-26(12-14-27)16-22-20(4)30-24(25-22)21-8-6-5-7-18(21)2/h5-10,15H,11-14,16H2,1-4H3. The van der Waals surface area contributed by atoms with Gasteiger partial charge >= 0.3 is 0 Å². The first kappa shape index (κ1) is 21.7. The molecule has 0 atom stereocenters. The summed E-state index contributed by atoms with van der Waals surface area (Å²) in [4.78, 5) is 7.38. The molecule has 0 radical (unpaired) electrons. The van der Waals surface area contributed by atoms with Crippen molar-refractivity contribution in [2.75, 3.05) is 26.2 Å². The summed E-state index contributed by atoms with van der Waals surface area (Å²) in [6.45, 7) is 10.7. The molecule has 1 aliphatic heterocycles. The van der Waals surface area contributed by atoms with Gasteiger partial charge in [0.2, 0.25) is 15.9 Å². The Kier molecular flexibility index (Phi) is 6.01. The highest BCUT2D eigenvalue weighted by atomic mass is 32.2. The van der Waals surface area contributed by atoms with Gasteiger partial charge in [-0.25, -0.2) is 13.4 Å². The molecule has 6 nitrogen and oxygen atoms in total. The zero-order valence-electron chi connectivity index (χ0n) is 18.6. The lowest BCUT2D eigenvalue weighted by atomic mass is 10.1. The molecule has 1 aromatic heterocycles. The number of sulfonamides is 1. The lowest BCUT2D eigenvalue weighted by Crippen LogP contribution is -2.48. The maximum atomic E-state index is 13.2. The molecule has 2 aromatic carbocycles. The van der Waals surface area contributed by atoms with Gasteiger partial charge in [-0.05, 0) is 56.5 Å². The quantitative estimate of drug-likeness (QED) is 0.599. The Morgan fingerprint density at radius 3 is 2.35 bits per heavy atom. The van der Waals surface area contributed by atoms with Crippen LogP contribution < -0.4 is 0 Å². The van der Waals surface area contributed by atoms with E-state index in [1.807, 2.05) is 64.1 Å². The average Bonchev–Trinajstić information content (AvgIpc) is 3.10. The molecule has 164 valence electrons. The van der Waals surface area contributed by atoms with Gasteiger partial charge in [0.1, 0.15) is 5.76 Å². The van der Waals surface area contributed by atoms with Crippen LogP contribution in [0.5, 0.6) is 0 Å². The van der Waals surface area contributed by atoms with E-state index in [2.05, 4.69) is 4.90 Å². The lowest BCUT2D eigenvalue weighted by molar-refractivity contribution is 0.179. The fourth-order valence-corrected chi connectivity index (χ4v) is 5.70. The van der Waals surface area contributed by atoms with Gasteiger partial charge in [-0.3, -0.25) is 4.90 Å². The molecule has 0 spiro atoms. The minimum absolute atomic E-state index is 0.413. The average molecular weight is 440 g/mol. The molecule has 3 aromatic rings. The summed E-state index contributed by atoms with van der Waals surface area (Å²) >= 11 is 0. The van der Waals surface area contributed by atoms with Crippen molar-refractivity contribution in [2.45, 2.75) is 39.1 Å². The molecule has 1 aliphatic rings. The maximum absolute atomic E-state index is 13.2. The number of nitrogens with zero attached hydrogens (tertiary/aromatic N) is 3. The summed E-state index contributed by atoms with van der Waals surface area (Å²) in [5.74, 6) is 1.45. The van der Waals surface area contributed by atoms with Crippen LogP contribution in [0.25, 0.3) is 11.5 Å². The molecule has 1 fully saturated rings. The normalized spacial score (nSPS) is 16.0. The lowest BCUT2D eigenvalue weighted by Gasteiger charge is -2.33. The predicted octanol–water partition coefficient (Wildman–Crippen LogP) is 4.08. The zero-order valence-corrected chi connectivity index (χ0v) is 19.4. The molecule has 7 heteroatoms. The number of benzene rings is 2. The molecule has 4 rings (SSSR count). The van der Waals surface area contributed by atoms with Gasteiger partial charge in [-0.15, -0.1) is 0 Å². The van der Waals surface area contributed by atoms with Crippen LogP contribution in [-0.2, 0) is 16.6 Å². The van der Waals surface area contributed by atoms with Gasteiger partial charge in [-0.1, -0.05) is 30.3 Å². The van der Waals surface area contributed by atoms with Gasteiger partial charge in [0.25, 0.3) is 0 Å². The second-order valence-corrected chi connectivity index (χ2v) is 10.2. The molecule has 0 amide bonds. The number of rotatable bonds is 5. The molecular formula is C24H29N3O3S. The van der Waals surface area contributed by atoms with E-state index in [1.54, 1.807) is 10.4 Å². The Morgan fingerprint density at radius 1 is 0.935 bits per heavy atom. The van der Waals surface area contributed by atoms with Crippen molar-refractivity contribution in [3.05, 3.63) is 70.6 Å². The molecule has 1 saturated heterocycles. The number of oxazole rings is 1. The summed E-state index contributed by atoms with van der Waals surface area (Å²) in [5.41, 5.74) is 4.77. The monoisotopic (exact) mass is 439 g/mol. The van der Waals surface area contributed by atoms with E-state index in [1.165, 1.54) is 0 Å². The number of hydrogen-bond acceptors (Lipinski definition) is 5. The molecule has 31 heavy (non-hydrogen) atoms. The van der Waals surface area contributed by atoms with Crippen LogP contribution in [0, 0.1) is 27.7 Å². The second-order valence-electron chi connectivity index (χ2n) is 8.29. The highest BCUT2D eigenvalue weighted by Gasteiger charge is 2.30. The number of aromatic nitrogens is 1.